The molecule has 0 unspecified atom stereocenters. The smallest absolute Gasteiger partial charge is 0.139 e. The Bertz CT molecular complexity index is 1690. The second-order valence-corrected chi connectivity index (χ2v) is 14.7. The summed E-state index contributed by atoms with van der Waals surface area (Å²) in [7, 11) is 5.89. The first-order chi connectivity index (χ1) is 22.2. The number of ketones is 1. The van der Waals surface area contributed by atoms with E-state index in [2.05, 4.69) is 66.2 Å². The number of fused-ring (bicyclic) bond motifs is 1. The number of methoxy groups -OCH3 is 1. The molecule has 0 radical (unpaired) electrons. The summed E-state index contributed by atoms with van der Waals surface area (Å²) in [5.41, 5.74) is 5.51. The predicted octanol–water partition coefficient (Wildman–Crippen LogP) is 8.41. The molecule has 1 aliphatic heterocycles. The van der Waals surface area contributed by atoms with Gasteiger partial charge in [0.15, 0.2) is 0 Å². The van der Waals surface area contributed by atoms with Gasteiger partial charge in [-0.3, -0.25) is 4.79 Å². The molecule has 2 aromatic heterocycles. The topological polar surface area (TPSA) is 79.4 Å². The molecule has 3 heterocycles. The van der Waals surface area contributed by atoms with Crippen LogP contribution in [0.15, 0.2) is 41.8 Å². The molecule has 2 aliphatic rings. The van der Waals surface area contributed by atoms with Crippen molar-refractivity contribution in [3.8, 4) is 16.9 Å². The van der Waals surface area contributed by atoms with Crippen LogP contribution in [0.2, 0.25) is 5.02 Å². The number of halogens is 1. The number of anilines is 1. The number of thiophene rings is 1. The Morgan fingerprint density at radius 3 is 2.54 bits per heavy atom. The minimum absolute atomic E-state index is 0.0260. The molecule has 2 aromatic carbocycles. The third kappa shape index (κ3) is 7.10. The second-order valence-electron chi connectivity index (χ2n) is 13.3. The maximum Gasteiger partial charge on any atom is 0.139 e. The van der Waals surface area contributed by atoms with E-state index in [0.29, 0.717) is 17.5 Å². The number of benzene rings is 2. The number of piperidine rings is 1. The minimum atomic E-state index is 0.0260. The normalized spacial score (nSPS) is 19.8. The summed E-state index contributed by atoms with van der Waals surface area (Å²) in [4.78, 5) is 26.3. The number of Topliss-reactive ketones (excluding diaryl/α,β-unsaturated/α-hetero) is 1. The highest BCUT2D eigenvalue weighted by atomic mass is 35.5. The highest BCUT2D eigenvalue weighted by Crippen LogP contribution is 2.43. The van der Waals surface area contributed by atoms with Crippen LogP contribution in [0.25, 0.3) is 22.0 Å². The molecular formula is C37H46ClN5O2S. The third-order valence-corrected chi connectivity index (χ3v) is 11.2. The van der Waals surface area contributed by atoms with E-state index < -0.39 is 0 Å². The quantitative estimate of drug-likeness (QED) is 0.177. The van der Waals surface area contributed by atoms with Gasteiger partial charge < -0.3 is 20.3 Å². The zero-order valence-electron chi connectivity index (χ0n) is 27.7. The molecule has 1 saturated heterocycles. The average molecular weight is 660 g/mol. The highest BCUT2D eigenvalue weighted by molar-refractivity contribution is 7.10. The second kappa shape index (κ2) is 14.4. The van der Waals surface area contributed by atoms with Crippen LogP contribution in [0.4, 0.5) is 5.82 Å². The summed E-state index contributed by atoms with van der Waals surface area (Å²) in [6.45, 7) is 6.86. The standard InChI is InChI=1S/C37H46ClN5O2S/c1-22(34-17-28(21-46-34)35-27(20-43(3)4)7-6-8-31(35)38)40-37-30-18-29(33(45-5)19-32(30)41-23(2)42-37)24-9-11-25(12-10-24)36(44)26-13-15-39-16-14-26/h6-8,17-19,21-22,24-26,39H,9-16,20H2,1-5H3,(H,40,41,42)/t22-,24?,25?/m1/s1. The Labute approximate surface area is 282 Å². The fraction of sp³-hybridized carbons (Fsp3) is 0.486. The molecular weight excluding hydrogens is 614 g/mol. The van der Waals surface area contributed by atoms with Crippen molar-refractivity contribution in [3.05, 3.63) is 68.6 Å². The van der Waals surface area contributed by atoms with Crippen molar-refractivity contribution in [2.24, 2.45) is 11.8 Å². The number of hydrogen-bond donors (Lipinski definition) is 2. The van der Waals surface area contributed by atoms with Crippen molar-refractivity contribution in [2.75, 3.05) is 39.6 Å². The van der Waals surface area contributed by atoms with E-state index >= 15 is 0 Å². The number of carbonyl (C=O) groups excluding carboxylic acids is 1. The Morgan fingerprint density at radius 2 is 1.83 bits per heavy atom. The maximum atomic E-state index is 13.3. The number of ether oxygens (including phenoxy) is 1. The number of hydrogen-bond acceptors (Lipinski definition) is 8. The van der Waals surface area contributed by atoms with Gasteiger partial charge in [0.1, 0.15) is 23.2 Å². The largest absolute Gasteiger partial charge is 0.496 e. The van der Waals surface area contributed by atoms with Crippen LogP contribution in [0.3, 0.4) is 0 Å². The summed E-state index contributed by atoms with van der Waals surface area (Å²) < 4.78 is 5.93. The molecule has 1 atom stereocenters. The zero-order chi connectivity index (χ0) is 32.4. The van der Waals surface area contributed by atoms with Crippen molar-refractivity contribution in [2.45, 2.75) is 70.9 Å². The summed E-state index contributed by atoms with van der Waals surface area (Å²) >= 11 is 8.47. The van der Waals surface area contributed by atoms with Gasteiger partial charge in [-0.2, -0.15) is 0 Å². The monoisotopic (exact) mass is 659 g/mol. The van der Waals surface area contributed by atoms with E-state index in [-0.39, 0.29) is 17.9 Å². The number of aryl methyl sites for hydroxylation is 1. The molecule has 0 amide bonds. The van der Waals surface area contributed by atoms with Gasteiger partial charge in [-0.05, 0) is 126 Å². The molecule has 6 rings (SSSR count). The van der Waals surface area contributed by atoms with Gasteiger partial charge in [0, 0.05) is 45.3 Å². The van der Waals surface area contributed by atoms with Crippen LogP contribution in [0.5, 0.6) is 5.75 Å². The summed E-state index contributed by atoms with van der Waals surface area (Å²) in [6.07, 6.45) is 5.84. The highest BCUT2D eigenvalue weighted by Gasteiger charge is 2.33. The van der Waals surface area contributed by atoms with E-state index in [1.807, 2.05) is 19.1 Å². The molecule has 1 aliphatic carbocycles. The van der Waals surface area contributed by atoms with Gasteiger partial charge >= 0.3 is 0 Å². The van der Waals surface area contributed by atoms with E-state index in [1.54, 1.807) is 18.4 Å². The summed E-state index contributed by atoms with van der Waals surface area (Å²) in [6, 6.07) is 12.7. The zero-order valence-corrected chi connectivity index (χ0v) is 29.2. The van der Waals surface area contributed by atoms with Gasteiger partial charge in [0.2, 0.25) is 0 Å². The molecule has 7 nitrogen and oxygen atoms in total. The van der Waals surface area contributed by atoms with Gasteiger partial charge in [-0.1, -0.05) is 23.7 Å². The van der Waals surface area contributed by atoms with Crippen molar-refractivity contribution in [3.63, 3.8) is 0 Å². The molecule has 2 N–H and O–H groups in total. The lowest BCUT2D eigenvalue weighted by molar-refractivity contribution is -0.128. The van der Waals surface area contributed by atoms with Crippen LogP contribution in [-0.2, 0) is 11.3 Å². The van der Waals surface area contributed by atoms with E-state index in [1.165, 1.54) is 16.0 Å². The van der Waals surface area contributed by atoms with Crippen LogP contribution >= 0.6 is 22.9 Å². The lowest BCUT2D eigenvalue weighted by Crippen LogP contribution is -2.35. The predicted molar refractivity (Wildman–Crippen MR) is 190 cm³/mol. The van der Waals surface area contributed by atoms with Crippen LogP contribution in [0, 0.1) is 18.8 Å². The molecule has 2 fully saturated rings. The number of carbonyl (C=O) groups is 1. The van der Waals surface area contributed by atoms with Crippen molar-refractivity contribution >= 4 is 45.4 Å². The Morgan fingerprint density at radius 1 is 1.09 bits per heavy atom. The number of nitrogens with zero attached hydrogens (tertiary/aromatic N) is 3. The molecule has 4 aromatic rings. The molecule has 0 spiro atoms. The fourth-order valence-electron chi connectivity index (χ4n) is 7.38. The third-order valence-electron chi connectivity index (χ3n) is 9.74. The van der Waals surface area contributed by atoms with Crippen LogP contribution < -0.4 is 15.4 Å². The van der Waals surface area contributed by atoms with Gasteiger partial charge in [0.05, 0.1) is 18.7 Å². The van der Waals surface area contributed by atoms with Crippen LogP contribution in [0.1, 0.15) is 79.2 Å². The first-order valence-electron chi connectivity index (χ1n) is 16.6. The van der Waals surface area contributed by atoms with E-state index in [9.17, 15) is 4.79 Å². The lowest BCUT2D eigenvalue weighted by Gasteiger charge is -2.32. The summed E-state index contributed by atoms with van der Waals surface area (Å²) in [5, 5.41) is 11.1. The first-order valence-corrected chi connectivity index (χ1v) is 17.9. The number of aromatic nitrogens is 2. The Balaban J connectivity index is 1.24. The lowest BCUT2D eigenvalue weighted by atomic mass is 9.73. The van der Waals surface area contributed by atoms with Gasteiger partial charge in [-0.15, -0.1) is 11.3 Å². The Hall–Kier alpha value is -3.04. The molecule has 9 heteroatoms. The van der Waals surface area contributed by atoms with Crippen molar-refractivity contribution in [1.29, 1.82) is 0 Å². The molecule has 46 heavy (non-hydrogen) atoms. The van der Waals surface area contributed by atoms with Crippen molar-refractivity contribution < 1.29 is 9.53 Å². The first kappa shape index (κ1) is 32.9. The average Bonchev–Trinajstić information content (AvgIpc) is 3.54. The summed E-state index contributed by atoms with van der Waals surface area (Å²) in [5.74, 6) is 3.67. The maximum absolute atomic E-state index is 13.3. The molecule has 0 bridgehead atoms. The van der Waals surface area contributed by atoms with Crippen LogP contribution in [-0.4, -0.2) is 54.9 Å². The molecule has 1 saturated carbocycles. The van der Waals surface area contributed by atoms with Gasteiger partial charge in [-0.25, -0.2) is 9.97 Å². The van der Waals surface area contributed by atoms with E-state index in [0.717, 1.165) is 96.8 Å². The van der Waals surface area contributed by atoms with Crippen molar-refractivity contribution in [1.82, 2.24) is 20.2 Å². The van der Waals surface area contributed by atoms with Gasteiger partial charge in [0.25, 0.3) is 0 Å². The SMILES string of the molecule is COc1cc2nc(C)nc(N[C@H](C)c3cc(-c4c(Cl)cccc4CN(C)C)cs3)c2cc1C1CCC(C(=O)C2CCNCC2)CC1. The minimum Gasteiger partial charge on any atom is -0.496 e. The fourth-order valence-corrected chi connectivity index (χ4v) is 8.59. The Kier molecular flexibility index (Phi) is 10.3. The van der Waals surface area contributed by atoms with E-state index in [4.69, 9.17) is 26.3 Å². The number of nitrogens with one attached hydrogen (secondary N) is 2. The number of rotatable bonds is 10. The molecule has 244 valence electrons.